The van der Waals surface area contributed by atoms with Gasteiger partial charge in [-0.2, -0.15) is 0 Å². The number of benzene rings is 2. The summed E-state index contributed by atoms with van der Waals surface area (Å²) in [4.78, 5) is 50.9. The zero-order valence-corrected chi connectivity index (χ0v) is 16.8. The van der Waals surface area contributed by atoms with Crippen molar-refractivity contribution in [1.82, 2.24) is 10.4 Å². The van der Waals surface area contributed by atoms with Crippen LogP contribution in [0.25, 0.3) is 0 Å². The Hall–Kier alpha value is -3.72. The molecule has 0 saturated heterocycles. The van der Waals surface area contributed by atoms with E-state index >= 15 is 0 Å². The first kappa shape index (κ1) is 20.5. The highest BCUT2D eigenvalue weighted by Gasteiger charge is 2.44. The minimum Gasteiger partial charge on any atom is -0.467 e. The van der Waals surface area contributed by atoms with Gasteiger partial charge in [-0.1, -0.05) is 24.3 Å². The lowest BCUT2D eigenvalue weighted by atomic mass is 9.91. The quantitative estimate of drug-likeness (QED) is 0.278. The maximum absolute atomic E-state index is 12.9. The van der Waals surface area contributed by atoms with E-state index in [1.54, 1.807) is 35.8 Å². The number of amides is 3. The summed E-state index contributed by atoms with van der Waals surface area (Å²) in [5.74, 6) is -2.44. The fraction of sp³-hybridized carbons (Fsp3) is 0.273. The highest BCUT2D eigenvalue weighted by molar-refractivity contribution is 6.22. The van der Waals surface area contributed by atoms with Gasteiger partial charge in [-0.3, -0.25) is 24.5 Å². The average molecular weight is 423 g/mol. The third kappa shape index (κ3) is 3.64. The van der Waals surface area contributed by atoms with Gasteiger partial charge in [0.25, 0.3) is 11.8 Å². The van der Waals surface area contributed by atoms with Crippen LogP contribution in [0.15, 0.2) is 42.5 Å². The molecule has 0 saturated carbocycles. The molecule has 2 aromatic carbocycles. The highest BCUT2D eigenvalue weighted by Crippen LogP contribution is 2.37. The average Bonchev–Trinajstić information content (AvgIpc) is 3.30. The minimum atomic E-state index is -1.08. The lowest BCUT2D eigenvalue weighted by molar-refractivity contribution is -0.145. The van der Waals surface area contributed by atoms with E-state index in [0.717, 1.165) is 16.2 Å². The van der Waals surface area contributed by atoms with Gasteiger partial charge in [-0.15, -0.1) is 0 Å². The number of ether oxygens (including phenoxy) is 1. The van der Waals surface area contributed by atoms with Crippen LogP contribution in [0.4, 0.5) is 5.69 Å². The molecular weight excluding hydrogens is 402 g/mol. The molecule has 0 aliphatic carbocycles. The Morgan fingerprint density at radius 3 is 2.48 bits per heavy atom. The van der Waals surface area contributed by atoms with E-state index in [1.807, 2.05) is 12.1 Å². The molecule has 2 aliphatic rings. The lowest BCUT2D eigenvalue weighted by Crippen LogP contribution is -2.46. The molecule has 31 heavy (non-hydrogen) atoms. The summed E-state index contributed by atoms with van der Waals surface area (Å²) in [5.41, 5.74) is 4.55. The standard InChI is InChI=1S/C22H21N3O6/c1-31-22(29)18(25-20(27)14-4-2-3-5-15(14)21(25)28)10-13-11-23-17-7-6-12(8-16(13)17)9-19(26)24-30/h2-8,13,18,23,30H,9-11H2,1H3,(H,24,26)/t13?,18-/m0/s1. The van der Waals surface area contributed by atoms with Crippen molar-refractivity contribution in [2.75, 3.05) is 19.0 Å². The van der Waals surface area contributed by atoms with E-state index in [2.05, 4.69) is 5.32 Å². The minimum absolute atomic E-state index is 0.00463. The molecular formula is C22H21N3O6. The van der Waals surface area contributed by atoms with Crippen LogP contribution in [-0.4, -0.2) is 53.5 Å². The third-order valence-electron chi connectivity index (χ3n) is 5.70. The Labute approximate surface area is 177 Å². The molecule has 0 aromatic heterocycles. The van der Waals surface area contributed by atoms with Crippen molar-refractivity contribution in [1.29, 1.82) is 0 Å². The number of rotatable bonds is 6. The summed E-state index contributed by atoms with van der Waals surface area (Å²) < 4.78 is 4.92. The number of carbonyl (C=O) groups is 4. The Balaban J connectivity index is 1.62. The smallest absolute Gasteiger partial charge is 0.329 e. The molecule has 3 amide bonds. The van der Waals surface area contributed by atoms with Crippen molar-refractivity contribution in [3.63, 3.8) is 0 Å². The van der Waals surface area contributed by atoms with Gasteiger partial charge < -0.3 is 10.1 Å². The molecule has 160 valence electrons. The zero-order valence-electron chi connectivity index (χ0n) is 16.8. The van der Waals surface area contributed by atoms with Crippen LogP contribution >= 0.6 is 0 Å². The summed E-state index contributed by atoms with van der Waals surface area (Å²) >= 11 is 0. The summed E-state index contributed by atoms with van der Waals surface area (Å²) in [6.07, 6.45) is 0.170. The Morgan fingerprint density at radius 1 is 1.19 bits per heavy atom. The number of carbonyl (C=O) groups excluding carboxylic acids is 4. The van der Waals surface area contributed by atoms with Gasteiger partial charge in [0.1, 0.15) is 6.04 Å². The molecule has 9 nitrogen and oxygen atoms in total. The first-order valence-corrected chi connectivity index (χ1v) is 9.79. The molecule has 0 bridgehead atoms. The molecule has 1 unspecified atom stereocenters. The van der Waals surface area contributed by atoms with Crippen LogP contribution in [0.2, 0.25) is 0 Å². The number of fused-ring (bicyclic) bond motifs is 2. The summed E-state index contributed by atoms with van der Waals surface area (Å²) in [7, 11) is 1.22. The first-order valence-electron chi connectivity index (χ1n) is 9.79. The number of imide groups is 1. The summed E-state index contributed by atoms with van der Waals surface area (Å²) in [5, 5.41) is 12.0. The number of nitrogens with zero attached hydrogens (tertiary/aromatic N) is 1. The van der Waals surface area contributed by atoms with Gasteiger partial charge >= 0.3 is 5.97 Å². The first-order chi connectivity index (χ1) is 14.9. The fourth-order valence-electron chi connectivity index (χ4n) is 4.20. The van der Waals surface area contributed by atoms with Crippen molar-refractivity contribution in [2.45, 2.75) is 24.8 Å². The van der Waals surface area contributed by atoms with E-state index in [1.165, 1.54) is 7.11 Å². The molecule has 2 aliphatic heterocycles. The van der Waals surface area contributed by atoms with Crippen molar-refractivity contribution in [3.05, 3.63) is 64.7 Å². The van der Waals surface area contributed by atoms with E-state index in [9.17, 15) is 19.2 Å². The van der Waals surface area contributed by atoms with Gasteiger partial charge in [0.15, 0.2) is 0 Å². The van der Waals surface area contributed by atoms with E-state index in [4.69, 9.17) is 9.94 Å². The van der Waals surface area contributed by atoms with Crippen LogP contribution in [-0.2, 0) is 20.7 Å². The van der Waals surface area contributed by atoms with Crippen LogP contribution < -0.4 is 10.8 Å². The van der Waals surface area contributed by atoms with Crippen molar-refractivity contribution in [2.24, 2.45) is 0 Å². The van der Waals surface area contributed by atoms with Crippen LogP contribution in [0.5, 0.6) is 0 Å². The van der Waals surface area contributed by atoms with Crippen LogP contribution in [0, 0.1) is 0 Å². The van der Waals surface area contributed by atoms with Gasteiger partial charge in [0, 0.05) is 18.2 Å². The van der Waals surface area contributed by atoms with E-state index in [0.29, 0.717) is 12.1 Å². The summed E-state index contributed by atoms with van der Waals surface area (Å²) in [6.45, 7) is 0.502. The predicted molar refractivity (Wildman–Crippen MR) is 109 cm³/mol. The van der Waals surface area contributed by atoms with Crippen LogP contribution in [0.1, 0.15) is 44.2 Å². The van der Waals surface area contributed by atoms with Crippen molar-refractivity contribution >= 4 is 29.4 Å². The Morgan fingerprint density at radius 2 is 1.87 bits per heavy atom. The summed E-state index contributed by atoms with van der Waals surface area (Å²) in [6, 6.07) is 10.8. The number of methoxy groups -OCH3 is 1. The highest BCUT2D eigenvalue weighted by atomic mass is 16.5. The van der Waals surface area contributed by atoms with Crippen molar-refractivity contribution < 1.29 is 29.1 Å². The molecule has 2 heterocycles. The van der Waals surface area contributed by atoms with Crippen LogP contribution in [0.3, 0.4) is 0 Å². The Kier molecular flexibility index (Phi) is 5.43. The van der Waals surface area contributed by atoms with Gasteiger partial charge in [-0.05, 0) is 35.7 Å². The topological polar surface area (TPSA) is 125 Å². The lowest BCUT2D eigenvalue weighted by Gasteiger charge is -2.26. The zero-order chi connectivity index (χ0) is 22.1. The normalized spacial score (nSPS) is 17.6. The molecule has 4 rings (SSSR count). The largest absolute Gasteiger partial charge is 0.467 e. The van der Waals surface area contributed by atoms with Crippen molar-refractivity contribution in [3.8, 4) is 0 Å². The Bertz CT molecular complexity index is 1050. The maximum atomic E-state index is 12.9. The SMILES string of the molecule is COC(=O)[C@H](CC1CNc2ccc(CC(=O)NO)cc21)N1C(=O)c2ccccc2C1=O. The second-order valence-electron chi connectivity index (χ2n) is 7.51. The second kappa shape index (κ2) is 8.19. The number of nitrogens with one attached hydrogen (secondary N) is 2. The third-order valence-corrected chi connectivity index (χ3v) is 5.70. The van der Waals surface area contributed by atoms with E-state index in [-0.39, 0.29) is 29.9 Å². The number of hydroxylamine groups is 1. The molecule has 3 N–H and O–H groups in total. The van der Waals surface area contributed by atoms with Gasteiger partial charge in [-0.25, -0.2) is 10.3 Å². The number of hydrogen-bond acceptors (Lipinski definition) is 7. The molecule has 0 radical (unpaired) electrons. The number of anilines is 1. The fourth-order valence-corrected chi connectivity index (χ4v) is 4.20. The molecule has 2 atom stereocenters. The molecule has 2 aromatic rings. The monoisotopic (exact) mass is 423 g/mol. The molecule has 0 fully saturated rings. The molecule has 0 spiro atoms. The van der Waals surface area contributed by atoms with Gasteiger partial charge in [0.2, 0.25) is 5.91 Å². The molecule has 9 heteroatoms. The number of hydrogen-bond donors (Lipinski definition) is 3. The maximum Gasteiger partial charge on any atom is 0.329 e. The van der Waals surface area contributed by atoms with E-state index < -0.39 is 29.7 Å². The van der Waals surface area contributed by atoms with Gasteiger partial charge in [0.05, 0.1) is 24.7 Å². The second-order valence-corrected chi connectivity index (χ2v) is 7.51. The predicted octanol–water partition coefficient (Wildman–Crippen LogP) is 1.47. The number of esters is 1.